The van der Waals surface area contributed by atoms with E-state index in [0.717, 1.165) is 0 Å². The molecule has 0 unspecified atom stereocenters. The van der Waals surface area contributed by atoms with Gasteiger partial charge >= 0.3 is 7.67 Å². The molecule has 0 spiro atoms. The lowest BCUT2D eigenvalue weighted by Crippen LogP contribution is -2.44. The largest absolute Gasteiger partial charge is 0.345 e. The number of nitrogens with one attached hydrogen (secondary N) is 1. The van der Waals surface area contributed by atoms with E-state index in [2.05, 4.69) is 25.9 Å². The van der Waals surface area contributed by atoms with Crippen LogP contribution in [0.5, 0.6) is 0 Å². The fourth-order valence-corrected chi connectivity index (χ4v) is 4.37. The highest BCUT2D eigenvalue weighted by atomic mass is 79.9. The Kier molecular flexibility index (Phi) is 6.76. The second kappa shape index (κ2) is 7.28. The van der Waals surface area contributed by atoms with Crippen LogP contribution in [-0.2, 0) is 14.0 Å². The van der Waals surface area contributed by atoms with Gasteiger partial charge in [0, 0.05) is 30.7 Å². The van der Waals surface area contributed by atoms with Gasteiger partial charge in [-0.25, -0.2) is 9.97 Å². The number of halogens is 2. The van der Waals surface area contributed by atoms with E-state index in [1.807, 2.05) is 0 Å². The molecule has 1 aliphatic rings. The molecule has 0 amide bonds. The quantitative estimate of drug-likeness (QED) is 0.334. The first-order valence-electron chi connectivity index (χ1n) is 4.87. The van der Waals surface area contributed by atoms with Crippen molar-refractivity contribution in [3.8, 4) is 0 Å². The fraction of sp³-hybridized carbons (Fsp3) is 1.00. The van der Waals surface area contributed by atoms with Crippen LogP contribution >= 0.6 is 35.2 Å². The second-order valence-electron chi connectivity index (χ2n) is 3.15. The summed E-state index contributed by atoms with van der Waals surface area (Å²) in [6.07, 6.45) is -0.143. The minimum absolute atomic E-state index is 0.274. The van der Waals surface area contributed by atoms with Crippen LogP contribution in [0.2, 0.25) is 0 Å². The maximum absolute atomic E-state index is 12.4. The third kappa shape index (κ3) is 3.65. The molecule has 6 nitrogen and oxygen atoms in total. The van der Waals surface area contributed by atoms with E-state index in [-0.39, 0.29) is 6.61 Å². The second-order valence-corrected chi connectivity index (χ2v) is 6.45. The molecule has 16 heavy (non-hydrogen) atoms. The first-order chi connectivity index (χ1) is 7.68. The highest BCUT2D eigenvalue weighted by Crippen LogP contribution is 2.51. The summed E-state index contributed by atoms with van der Waals surface area (Å²) in [5.74, 6) is 0.333. The maximum Gasteiger partial charge on any atom is 0.345 e. The molecule has 1 heterocycles. The first-order valence-corrected chi connectivity index (χ1v) is 8.10. The zero-order valence-corrected chi connectivity index (χ0v) is 11.9. The van der Waals surface area contributed by atoms with Crippen molar-refractivity contribution >= 4 is 35.2 Å². The van der Waals surface area contributed by atoms with Crippen LogP contribution < -0.4 is 5.09 Å². The van der Waals surface area contributed by atoms with Gasteiger partial charge in [-0.2, -0.15) is 4.67 Å². The highest BCUT2D eigenvalue weighted by molar-refractivity contribution is 9.09. The summed E-state index contributed by atoms with van der Waals surface area (Å²) in [7, 11) is -3.15. The third-order valence-electron chi connectivity index (χ3n) is 2.14. The van der Waals surface area contributed by atoms with Gasteiger partial charge in [0.05, 0.1) is 6.61 Å². The van der Waals surface area contributed by atoms with E-state index in [0.29, 0.717) is 30.7 Å². The van der Waals surface area contributed by atoms with Crippen LogP contribution in [0.15, 0.2) is 0 Å². The molecule has 0 bridgehead atoms. The van der Waals surface area contributed by atoms with Crippen molar-refractivity contribution < 1.29 is 19.2 Å². The maximum atomic E-state index is 12.4. The van der Waals surface area contributed by atoms with Crippen molar-refractivity contribution in [2.24, 2.45) is 0 Å². The number of alkyl halides is 2. The van der Waals surface area contributed by atoms with E-state index in [1.165, 1.54) is 4.67 Å². The van der Waals surface area contributed by atoms with Gasteiger partial charge in [0.2, 0.25) is 0 Å². The van der Waals surface area contributed by atoms with Gasteiger partial charge in [-0.05, 0) is 0 Å². The SMILES string of the molecule is O=[P@@]1(NCCCl)OCC[C@H](OO)N1CCBr. The van der Waals surface area contributed by atoms with Crippen molar-refractivity contribution in [1.82, 2.24) is 9.76 Å². The van der Waals surface area contributed by atoms with Gasteiger partial charge in [0.25, 0.3) is 0 Å². The lowest BCUT2D eigenvalue weighted by molar-refractivity contribution is -0.308. The summed E-state index contributed by atoms with van der Waals surface area (Å²) in [6.45, 7) is 1.09. The molecule has 9 heteroatoms. The molecule has 2 N–H and O–H groups in total. The molecule has 0 radical (unpaired) electrons. The molecule has 0 aromatic rings. The average molecular weight is 338 g/mol. The molecule has 0 aromatic heterocycles. The van der Waals surface area contributed by atoms with Crippen LogP contribution in [-0.4, -0.2) is 47.1 Å². The monoisotopic (exact) mass is 336 g/mol. The Morgan fingerprint density at radius 3 is 3.06 bits per heavy atom. The van der Waals surface area contributed by atoms with Gasteiger partial charge in [-0.3, -0.25) is 9.82 Å². The zero-order valence-electron chi connectivity index (χ0n) is 8.64. The number of hydrogen-bond donors (Lipinski definition) is 2. The minimum Gasteiger partial charge on any atom is -0.306 e. The molecular weight excluding hydrogens is 322 g/mol. The Hall–Kier alpha value is 0.800. The molecule has 1 rings (SSSR count). The summed E-state index contributed by atoms with van der Waals surface area (Å²) in [5.41, 5.74) is 0. The molecule has 2 atom stereocenters. The lowest BCUT2D eigenvalue weighted by atomic mass is 10.4. The van der Waals surface area contributed by atoms with Gasteiger partial charge in [-0.1, -0.05) is 15.9 Å². The molecule has 1 aliphatic heterocycles. The molecule has 0 aromatic carbocycles. The molecule has 96 valence electrons. The molecule has 1 saturated heterocycles. The highest BCUT2D eigenvalue weighted by Gasteiger charge is 2.41. The zero-order chi connectivity index (χ0) is 12.0. The van der Waals surface area contributed by atoms with E-state index < -0.39 is 13.9 Å². The predicted octanol–water partition coefficient (Wildman–Crippen LogP) is 1.86. The Morgan fingerprint density at radius 2 is 2.50 bits per heavy atom. The van der Waals surface area contributed by atoms with Crippen molar-refractivity contribution in [3.05, 3.63) is 0 Å². The van der Waals surface area contributed by atoms with E-state index in [9.17, 15) is 4.57 Å². The van der Waals surface area contributed by atoms with Gasteiger partial charge in [0.15, 0.2) is 6.23 Å². The number of hydrogen-bond acceptors (Lipinski definition) is 4. The summed E-state index contributed by atoms with van der Waals surface area (Å²) in [6, 6.07) is 0. The van der Waals surface area contributed by atoms with E-state index in [1.54, 1.807) is 0 Å². The Morgan fingerprint density at radius 1 is 1.75 bits per heavy atom. The Bertz CT molecular complexity index is 261. The molecular formula is C7H15BrClN2O4P. The lowest BCUT2D eigenvalue weighted by Gasteiger charge is -2.38. The molecule has 1 fully saturated rings. The third-order valence-corrected chi connectivity index (χ3v) is 4.98. The fourth-order valence-electron chi connectivity index (χ4n) is 1.46. The van der Waals surface area contributed by atoms with Crippen LogP contribution in [0, 0.1) is 0 Å². The Balaban J connectivity index is 2.73. The number of nitrogens with zero attached hydrogens (tertiary/aromatic N) is 1. The smallest absolute Gasteiger partial charge is 0.306 e. The summed E-state index contributed by atoms with van der Waals surface area (Å²) in [5, 5.41) is 12.1. The van der Waals surface area contributed by atoms with Crippen molar-refractivity contribution in [2.75, 3.05) is 30.9 Å². The summed E-state index contributed by atoms with van der Waals surface area (Å²) >= 11 is 8.78. The first kappa shape index (κ1) is 14.9. The van der Waals surface area contributed by atoms with Crippen LogP contribution in [0.3, 0.4) is 0 Å². The summed E-state index contributed by atoms with van der Waals surface area (Å²) in [4.78, 5) is 4.31. The van der Waals surface area contributed by atoms with Crippen LogP contribution in [0.4, 0.5) is 0 Å². The minimum atomic E-state index is -3.15. The van der Waals surface area contributed by atoms with Crippen molar-refractivity contribution in [1.29, 1.82) is 0 Å². The number of rotatable bonds is 6. The van der Waals surface area contributed by atoms with Crippen LogP contribution in [0.25, 0.3) is 0 Å². The van der Waals surface area contributed by atoms with Crippen molar-refractivity contribution in [2.45, 2.75) is 12.6 Å². The van der Waals surface area contributed by atoms with Gasteiger partial charge in [0.1, 0.15) is 0 Å². The predicted molar refractivity (Wildman–Crippen MR) is 64.9 cm³/mol. The van der Waals surface area contributed by atoms with Gasteiger partial charge < -0.3 is 4.52 Å². The normalized spacial score (nSPS) is 31.8. The average Bonchev–Trinajstić information content (AvgIpc) is 2.30. The van der Waals surface area contributed by atoms with Crippen LogP contribution in [0.1, 0.15) is 6.42 Å². The van der Waals surface area contributed by atoms with E-state index in [4.69, 9.17) is 21.4 Å². The Labute approximate surface area is 108 Å². The van der Waals surface area contributed by atoms with Crippen molar-refractivity contribution in [3.63, 3.8) is 0 Å². The standard InChI is InChI=1S/C7H15BrClN2O4P/c8-2-5-11-7(15-12)1-6-14-16(11,13)10-4-3-9/h7,12H,1-6H2,(H,10,13)/t7-,16-/m0/s1. The van der Waals surface area contributed by atoms with Gasteiger partial charge in [-0.15, -0.1) is 11.6 Å². The van der Waals surface area contributed by atoms with E-state index >= 15 is 0 Å². The topological polar surface area (TPSA) is 71.0 Å². The summed E-state index contributed by atoms with van der Waals surface area (Å²) < 4.78 is 19.2. The molecule has 0 saturated carbocycles. The molecule has 0 aliphatic carbocycles.